The van der Waals surface area contributed by atoms with Crippen molar-refractivity contribution in [2.75, 3.05) is 6.61 Å². The van der Waals surface area contributed by atoms with Gasteiger partial charge in [0.25, 0.3) is 5.69 Å². The fraction of sp³-hybridized carbons (Fsp3) is 0.417. The van der Waals surface area contributed by atoms with E-state index in [0.29, 0.717) is 23.2 Å². The van der Waals surface area contributed by atoms with Gasteiger partial charge in [-0.25, -0.2) is 0 Å². The number of rotatable bonds is 5. The smallest absolute Gasteiger partial charge is 0.273 e. The molecule has 6 heteroatoms. The summed E-state index contributed by atoms with van der Waals surface area (Å²) in [6.07, 6.45) is 0.554. The van der Waals surface area contributed by atoms with Gasteiger partial charge >= 0.3 is 0 Å². The molecule has 0 spiro atoms. The van der Waals surface area contributed by atoms with Crippen molar-refractivity contribution in [3.8, 4) is 11.8 Å². The van der Waals surface area contributed by atoms with Gasteiger partial charge in [-0.05, 0) is 42.3 Å². The van der Waals surface area contributed by atoms with E-state index in [0.717, 1.165) is 0 Å². The largest absolute Gasteiger partial charge is 0.492 e. The van der Waals surface area contributed by atoms with Crippen LogP contribution in [0.3, 0.4) is 0 Å². The second-order valence-corrected chi connectivity index (χ2v) is 5.32. The molecule has 0 saturated carbocycles. The molecule has 0 bridgehead atoms. The van der Waals surface area contributed by atoms with E-state index in [4.69, 9.17) is 10.00 Å². The highest BCUT2D eigenvalue weighted by Gasteiger charge is 2.17. The van der Waals surface area contributed by atoms with E-state index in [2.05, 4.69) is 22.0 Å². The molecule has 0 atom stereocenters. The highest BCUT2D eigenvalue weighted by molar-refractivity contribution is 9.10. The number of nitrogens with zero attached hydrogens (tertiary/aromatic N) is 2. The minimum Gasteiger partial charge on any atom is -0.492 e. The zero-order valence-corrected chi connectivity index (χ0v) is 11.7. The third-order valence-corrected chi connectivity index (χ3v) is 3.07. The van der Waals surface area contributed by atoms with E-state index in [1.165, 1.54) is 12.1 Å². The van der Waals surface area contributed by atoms with Crippen LogP contribution in [0.1, 0.15) is 20.3 Å². The summed E-state index contributed by atoms with van der Waals surface area (Å²) in [5.41, 5.74) is -0.486. The number of hydrogen-bond acceptors (Lipinski definition) is 4. The highest BCUT2D eigenvalue weighted by atomic mass is 79.9. The maximum Gasteiger partial charge on any atom is 0.273 e. The van der Waals surface area contributed by atoms with E-state index in [1.807, 2.05) is 13.8 Å². The van der Waals surface area contributed by atoms with E-state index >= 15 is 0 Å². The van der Waals surface area contributed by atoms with Crippen molar-refractivity contribution in [3.05, 3.63) is 32.8 Å². The molecule has 0 saturated heterocycles. The van der Waals surface area contributed by atoms with Crippen molar-refractivity contribution in [2.24, 2.45) is 5.41 Å². The van der Waals surface area contributed by atoms with E-state index < -0.39 is 10.3 Å². The van der Waals surface area contributed by atoms with Gasteiger partial charge in [0, 0.05) is 6.07 Å². The summed E-state index contributed by atoms with van der Waals surface area (Å²) in [6, 6.07) is 6.51. The van der Waals surface area contributed by atoms with Gasteiger partial charge in [0.1, 0.15) is 5.75 Å². The van der Waals surface area contributed by atoms with Crippen molar-refractivity contribution in [2.45, 2.75) is 20.3 Å². The van der Waals surface area contributed by atoms with Gasteiger partial charge in [-0.1, -0.05) is 0 Å². The van der Waals surface area contributed by atoms with Crippen LogP contribution >= 0.6 is 15.9 Å². The monoisotopic (exact) mass is 312 g/mol. The first-order chi connectivity index (χ1) is 8.35. The molecule has 5 nitrogen and oxygen atoms in total. The Bertz CT molecular complexity index is 495. The summed E-state index contributed by atoms with van der Waals surface area (Å²) in [7, 11) is 0. The minimum absolute atomic E-state index is 0.0206. The molecular weight excluding hydrogens is 300 g/mol. The number of nitriles is 1. The zero-order valence-electron chi connectivity index (χ0n) is 10.1. The van der Waals surface area contributed by atoms with E-state index in [1.54, 1.807) is 6.07 Å². The number of hydrogen-bond donors (Lipinski definition) is 0. The third-order valence-electron chi connectivity index (χ3n) is 2.41. The van der Waals surface area contributed by atoms with Gasteiger partial charge in [-0.3, -0.25) is 10.1 Å². The number of nitro groups is 1. The average molecular weight is 313 g/mol. The van der Waals surface area contributed by atoms with Crippen LogP contribution in [-0.4, -0.2) is 11.5 Å². The van der Waals surface area contributed by atoms with Gasteiger partial charge in [-0.15, -0.1) is 0 Å². The molecule has 18 heavy (non-hydrogen) atoms. The lowest BCUT2D eigenvalue weighted by Crippen LogP contribution is -2.13. The Morgan fingerprint density at radius 2 is 2.22 bits per heavy atom. The molecule has 0 fully saturated rings. The van der Waals surface area contributed by atoms with Gasteiger partial charge in [0.2, 0.25) is 0 Å². The van der Waals surface area contributed by atoms with Crippen molar-refractivity contribution < 1.29 is 9.66 Å². The molecule has 1 aromatic rings. The fourth-order valence-electron chi connectivity index (χ4n) is 1.19. The van der Waals surface area contributed by atoms with Gasteiger partial charge in [0.15, 0.2) is 0 Å². The first kappa shape index (κ1) is 14.5. The Morgan fingerprint density at radius 1 is 1.56 bits per heavy atom. The van der Waals surface area contributed by atoms with Crippen LogP contribution in [0.5, 0.6) is 5.75 Å². The Kier molecular flexibility index (Phi) is 4.68. The summed E-state index contributed by atoms with van der Waals surface area (Å²) < 4.78 is 6.12. The average Bonchev–Trinajstić information content (AvgIpc) is 2.31. The van der Waals surface area contributed by atoms with Crippen molar-refractivity contribution in [1.29, 1.82) is 5.26 Å². The predicted molar refractivity (Wildman–Crippen MR) is 70.3 cm³/mol. The topological polar surface area (TPSA) is 76.2 Å². The molecule has 0 aromatic heterocycles. The zero-order chi connectivity index (χ0) is 13.8. The summed E-state index contributed by atoms with van der Waals surface area (Å²) in [5.74, 6) is 0.415. The third kappa shape index (κ3) is 4.00. The van der Waals surface area contributed by atoms with Crippen LogP contribution < -0.4 is 4.74 Å². The lowest BCUT2D eigenvalue weighted by atomic mass is 9.92. The molecule has 0 aliphatic carbocycles. The standard InChI is InChI=1S/C12H13BrN2O3/c1-12(2,8-14)5-6-18-11-7-9(15(16)17)3-4-10(11)13/h3-4,7H,5-6H2,1-2H3. The molecule has 0 amide bonds. The number of ether oxygens (including phenoxy) is 1. The normalized spacial score (nSPS) is 10.8. The Labute approximate surface area is 114 Å². The predicted octanol–water partition coefficient (Wildman–Crippen LogP) is 3.68. The Balaban J connectivity index is 2.71. The fourth-order valence-corrected chi connectivity index (χ4v) is 1.55. The lowest BCUT2D eigenvalue weighted by Gasteiger charge is -2.15. The molecule has 1 aromatic carbocycles. The Hall–Kier alpha value is -1.61. The molecular formula is C12H13BrN2O3. The van der Waals surface area contributed by atoms with Crippen LogP contribution in [0.15, 0.2) is 22.7 Å². The summed E-state index contributed by atoms with van der Waals surface area (Å²) in [5, 5.41) is 19.5. The van der Waals surface area contributed by atoms with E-state index in [9.17, 15) is 10.1 Å². The molecule has 0 heterocycles. The molecule has 0 aliphatic rings. The quantitative estimate of drug-likeness (QED) is 0.614. The highest BCUT2D eigenvalue weighted by Crippen LogP contribution is 2.30. The summed E-state index contributed by atoms with van der Waals surface area (Å²) >= 11 is 3.26. The SMILES string of the molecule is CC(C)(C#N)CCOc1cc([N+](=O)[O-])ccc1Br. The first-order valence-electron chi connectivity index (χ1n) is 5.34. The number of benzene rings is 1. The number of halogens is 1. The van der Waals surface area contributed by atoms with Gasteiger partial charge in [0.05, 0.1) is 33.6 Å². The minimum atomic E-state index is -0.474. The van der Waals surface area contributed by atoms with Crippen LogP contribution in [-0.2, 0) is 0 Å². The second-order valence-electron chi connectivity index (χ2n) is 4.47. The van der Waals surface area contributed by atoms with Crippen molar-refractivity contribution in [3.63, 3.8) is 0 Å². The molecule has 96 valence electrons. The molecule has 0 N–H and O–H groups in total. The van der Waals surface area contributed by atoms with Crippen LogP contribution in [0.4, 0.5) is 5.69 Å². The lowest BCUT2D eigenvalue weighted by molar-refractivity contribution is -0.385. The van der Waals surface area contributed by atoms with Crippen LogP contribution in [0, 0.1) is 26.9 Å². The van der Waals surface area contributed by atoms with E-state index in [-0.39, 0.29) is 5.69 Å². The molecule has 0 unspecified atom stereocenters. The molecule has 0 aliphatic heterocycles. The molecule has 0 radical (unpaired) electrons. The van der Waals surface area contributed by atoms with Crippen LogP contribution in [0.25, 0.3) is 0 Å². The summed E-state index contributed by atoms with van der Waals surface area (Å²) in [4.78, 5) is 10.2. The maximum atomic E-state index is 10.6. The molecule has 1 rings (SSSR count). The van der Waals surface area contributed by atoms with Crippen LogP contribution in [0.2, 0.25) is 0 Å². The summed E-state index contributed by atoms with van der Waals surface area (Å²) in [6.45, 7) is 3.97. The van der Waals surface area contributed by atoms with Crippen molar-refractivity contribution >= 4 is 21.6 Å². The maximum absolute atomic E-state index is 10.6. The van der Waals surface area contributed by atoms with Crippen molar-refractivity contribution in [1.82, 2.24) is 0 Å². The van der Waals surface area contributed by atoms with Gasteiger partial charge < -0.3 is 4.74 Å². The Morgan fingerprint density at radius 3 is 2.78 bits per heavy atom. The number of non-ortho nitro benzene ring substituents is 1. The number of nitro benzene ring substituents is 1. The first-order valence-corrected chi connectivity index (χ1v) is 6.13. The van der Waals surface area contributed by atoms with Gasteiger partial charge in [-0.2, -0.15) is 5.26 Å². The second kappa shape index (κ2) is 5.83.